The predicted molar refractivity (Wildman–Crippen MR) is 77.4 cm³/mol. The average Bonchev–Trinajstić information content (AvgIpc) is 2.42. The van der Waals surface area contributed by atoms with E-state index in [4.69, 9.17) is 0 Å². The van der Waals surface area contributed by atoms with Gasteiger partial charge in [-0.05, 0) is 31.0 Å². The number of nitrogens with zero attached hydrogens (tertiary/aromatic N) is 1. The monoisotopic (exact) mass is 302 g/mol. The Morgan fingerprint density at radius 1 is 1.33 bits per heavy atom. The Balaban J connectivity index is 3.16. The second-order valence-electron chi connectivity index (χ2n) is 5.25. The average molecular weight is 302 g/mol. The number of anilines is 1. The number of alkyl halides is 3. The summed E-state index contributed by atoms with van der Waals surface area (Å²) in [7, 11) is 1.42. The number of rotatable bonds is 5. The summed E-state index contributed by atoms with van der Waals surface area (Å²) in [5, 5.41) is 2.50. The zero-order chi connectivity index (χ0) is 16.2. The molecule has 0 unspecified atom stereocenters. The van der Waals surface area contributed by atoms with Crippen LogP contribution < -0.4 is 5.32 Å². The van der Waals surface area contributed by atoms with E-state index < -0.39 is 11.7 Å². The predicted octanol–water partition coefficient (Wildman–Crippen LogP) is 3.87. The number of hydrogen-bond donors (Lipinski definition) is 1. The molecular weight excluding hydrogens is 281 g/mol. The van der Waals surface area contributed by atoms with Crippen molar-refractivity contribution in [3.05, 3.63) is 29.3 Å². The Labute approximate surface area is 123 Å². The Morgan fingerprint density at radius 2 is 1.95 bits per heavy atom. The standard InChI is InChI=1S/C15H21F3N2O/c1-5-20(9-10(2)3)14(21)11-6-7-13(19-4)12(8-11)15(16,17)18/h6-8,10,19H,5,9H2,1-4H3. The molecule has 1 aromatic carbocycles. The van der Waals surface area contributed by atoms with E-state index in [1.165, 1.54) is 19.2 Å². The molecule has 0 saturated carbocycles. The fraction of sp³-hybridized carbons (Fsp3) is 0.533. The molecule has 1 rings (SSSR count). The van der Waals surface area contributed by atoms with Crippen LogP contribution in [0.1, 0.15) is 36.7 Å². The van der Waals surface area contributed by atoms with Crippen LogP contribution in [-0.2, 0) is 6.18 Å². The van der Waals surface area contributed by atoms with Gasteiger partial charge in [-0.15, -0.1) is 0 Å². The molecule has 1 aromatic rings. The van der Waals surface area contributed by atoms with Crippen LogP contribution in [0, 0.1) is 5.92 Å². The SMILES string of the molecule is CCN(CC(C)C)C(=O)c1ccc(NC)c(C(F)(F)F)c1. The van der Waals surface area contributed by atoms with Crippen molar-refractivity contribution >= 4 is 11.6 Å². The zero-order valence-corrected chi connectivity index (χ0v) is 12.7. The molecule has 1 amide bonds. The van der Waals surface area contributed by atoms with Gasteiger partial charge in [0.2, 0.25) is 0 Å². The molecule has 0 aromatic heterocycles. The lowest BCUT2D eigenvalue weighted by Crippen LogP contribution is -2.34. The van der Waals surface area contributed by atoms with Crippen molar-refractivity contribution < 1.29 is 18.0 Å². The molecule has 0 heterocycles. The van der Waals surface area contributed by atoms with Gasteiger partial charge in [0.15, 0.2) is 0 Å². The van der Waals surface area contributed by atoms with Crippen molar-refractivity contribution in [2.24, 2.45) is 5.92 Å². The zero-order valence-electron chi connectivity index (χ0n) is 12.7. The van der Waals surface area contributed by atoms with Crippen LogP contribution in [0.4, 0.5) is 18.9 Å². The minimum absolute atomic E-state index is 0.0361. The Kier molecular flexibility index (Phi) is 5.63. The first-order chi connectivity index (χ1) is 9.70. The third-order valence-corrected chi connectivity index (χ3v) is 3.10. The van der Waals surface area contributed by atoms with Gasteiger partial charge in [0.05, 0.1) is 5.56 Å². The highest BCUT2D eigenvalue weighted by molar-refractivity contribution is 5.95. The molecule has 6 heteroatoms. The van der Waals surface area contributed by atoms with Crippen molar-refractivity contribution in [2.75, 3.05) is 25.5 Å². The lowest BCUT2D eigenvalue weighted by atomic mass is 10.1. The Morgan fingerprint density at radius 3 is 2.38 bits per heavy atom. The topological polar surface area (TPSA) is 32.3 Å². The Bertz CT molecular complexity index is 498. The summed E-state index contributed by atoms with van der Waals surface area (Å²) in [6.45, 7) is 6.71. The second kappa shape index (κ2) is 6.83. The van der Waals surface area contributed by atoms with E-state index in [-0.39, 0.29) is 23.1 Å². The maximum Gasteiger partial charge on any atom is 0.418 e. The van der Waals surface area contributed by atoms with Crippen LogP contribution in [0.3, 0.4) is 0 Å². The van der Waals surface area contributed by atoms with E-state index in [0.717, 1.165) is 6.07 Å². The summed E-state index contributed by atoms with van der Waals surface area (Å²) in [5.74, 6) is -0.119. The van der Waals surface area contributed by atoms with Gasteiger partial charge in [-0.3, -0.25) is 4.79 Å². The molecule has 0 aliphatic rings. The van der Waals surface area contributed by atoms with Gasteiger partial charge in [0.1, 0.15) is 0 Å². The second-order valence-corrected chi connectivity index (χ2v) is 5.25. The van der Waals surface area contributed by atoms with E-state index in [9.17, 15) is 18.0 Å². The van der Waals surface area contributed by atoms with E-state index in [1.54, 1.807) is 4.90 Å². The third-order valence-electron chi connectivity index (χ3n) is 3.10. The van der Waals surface area contributed by atoms with Gasteiger partial charge in [0, 0.05) is 31.4 Å². The minimum Gasteiger partial charge on any atom is -0.388 e. The molecule has 0 spiro atoms. The fourth-order valence-corrected chi connectivity index (χ4v) is 2.11. The molecule has 3 nitrogen and oxygen atoms in total. The van der Waals surface area contributed by atoms with E-state index >= 15 is 0 Å². The van der Waals surface area contributed by atoms with Crippen molar-refractivity contribution in [2.45, 2.75) is 26.9 Å². The van der Waals surface area contributed by atoms with Crippen LogP contribution in [0.2, 0.25) is 0 Å². The molecule has 0 aliphatic heterocycles. The maximum atomic E-state index is 13.0. The van der Waals surface area contributed by atoms with Gasteiger partial charge >= 0.3 is 6.18 Å². The molecule has 0 aliphatic carbocycles. The van der Waals surface area contributed by atoms with Crippen LogP contribution in [0.25, 0.3) is 0 Å². The molecule has 1 N–H and O–H groups in total. The van der Waals surface area contributed by atoms with E-state index in [1.807, 2.05) is 20.8 Å². The summed E-state index contributed by atoms with van der Waals surface area (Å²) in [5.41, 5.74) is -0.800. The first kappa shape index (κ1) is 17.3. The summed E-state index contributed by atoms with van der Waals surface area (Å²) >= 11 is 0. The number of benzene rings is 1. The Hall–Kier alpha value is -1.72. The van der Waals surface area contributed by atoms with Crippen LogP contribution in [0.15, 0.2) is 18.2 Å². The first-order valence-electron chi connectivity index (χ1n) is 6.89. The van der Waals surface area contributed by atoms with Crippen molar-refractivity contribution in [3.8, 4) is 0 Å². The largest absolute Gasteiger partial charge is 0.418 e. The van der Waals surface area contributed by atoms with Crippen molar-refractivity contribution in [3.63, 3.8) is 0 Å². The molecule has 0 fully saturated rings. The van der Waals surface area contributed by atoms with Crippen LogP contribution >= 0.6 is 0 Å². The van der Waals surface area contributed by atoms with Crippen LogP contribution in [0.5, 0.6) is 0 Å². The summed E-state index contributed by atoms with van der Waals surface area (Å²) in [4.78, 5) is 13.9. The highest BCUT2D eigenvalue weighted by atomic mass is 19.4. The van der Waals surface area contributed by atoms with Gasteiger partial charge in [0.25, 0.3) is 5.91 Å². The van der Waals surface area contributed by atoms with Gasteiger partial charge in [-0.25, -0.2) is 0 Å². The van der Waals surface area contributed by atoms with E-state index in [2.05, 4.69) is 5.32 Å². The number of hydrogen-bond acceptors (Lipinski definition) is 2. The quantitative estimate of drug-likeness (QED) is 0.895. The molecule has 21 heavy (non-hydrogen) atoms. The summed E-state index contributed by atoms with van der Waals surface area (Å²) in [6.07, 6.45) is -4.50. The lowest BCUT2D eigenvalue weighted by Gasteiger charge is -2.23. The number of halogens is 3. The number of carbonyl (C=O) groups is 1. The molecule has 0 saturated heterocycles. The highest BCUT2D eigenvalue weighted by Crippen LogP contribution is 2.35. The first-order valence-corrected chi connectivity index (χ1v) is 6.89. The maximum absolute atomic E-state index is 13.0. The third kappa shape index (κ3) is 4.37. The van der Waals surface area contributed by atoms with Crippen molar-refractivity contribution in [1.82, 2.24) is 4.90 Å². The van der Waals surface area contributed by atoms with E-state index in [0.29, 0.717) is 13.1 Å². The molecule has 0 radical (unpaired) electrons. The molecule has 0 atom stereocenters. The fourth-order valence-electron chi connectivity index (χ4n) is 2.11. The minimum atomic E-state index is -4.50. The van der Waals surface area contributed by atoms with Crippen molar-refractivity contribution in [1.29, 1.82) is 0 Å². The van der Waals surface area contributed by atoms with Gasteiger partial charge in [-0.2, -0.15) is 13.2 Å². The molecular formula is C15H21F3N2O. The molecule has 118 valence electrons. The van der Waals surface area contributed by atoms with Gasteiger partial charge in [-0.1, -0.05) is 13.8 Å². The van der Waals surface area contributed by atoms with Gasteiger partial charge < -0.3 is 10.2 Å². The van der Waals surface area contributed by atoms with Crippen LogP contribution in [-0.4, -0.2) is 30.9 Å². The number of nitrogens with one attached hydrogen (secondary N) is 1. The lowest BCUT2D eigenvalue weighted by molar-refractivity contribution is -0.136. The normalized spacial score (nSPS) is 11.6. The number of carbonyl (C=O) groups excluding carboxylic acids is 1. The number of amides is 1. The highest BCUT2D eigenvalue weighted by Gasteiger charge is 2.34. The summed E-state index contributed by atoms with van der Waals surface area (Å²) < 4.78 is 39.0. The molecule has 0 bridgehead atoms. The smallest absolute Gasteiger partial charge is 0.388 e. The summed E-state index contributed by atoms with van der Waals surface area (Å²) in [6, 6.07) is 3.63.